The molecular weight excluding hydrogens is 252 g/mol. The van der Waals surface area contributed by atoms with Gasteiger partial charge in [-0.25, -0.2) is 0 Å². The molecule has 1 aromatic carbocycles. The summed E-state index contributed by atoms with van der Waals surface area (Å²) in [5.41, 5.74) is 0.994. The number of rotatable bonds is 4. The van der Waals surface area contributed by atoms with E-state index in [1.54, 1.807) is 11.8 Å². The Bertz CT molecular complexity index is 634. The Morgan fingerprint density at radius 2 is 2.17 bits per heavy atom. The lowest BCUT2D eigenvalue weighted by atomic mass is 10.2. The monoisotopic (exact) mass is 264 g/mol. The van der Waals surface area contributed by atoms with Crippen LogP contribution in [0.1, 0.15) is 17.4 Å². The Balaban J connectivity index is 2.68. The molecule has 2 rings (SSSR count). The summed E-state index contributed by atoms with van der Waals surface area (Å²) < 4.78 is 1.36. The number of benzene rings is 1. The first-order valence-corrected chi connectivity index (χ1v) is 6.52. The molecule has 0 bridgehead atoms. The summed E-state index contributed by atoms with van der Waals surface area (Å²) >= 11 is 1.56. The topological polar surface area (TPSA) is 72.2 Å². The fourth-order valence-electron chi connectivity index (χ4n) is 1.79. The van der Waals surface area contributed by atoms with Gasteiger partial charge < -0.3 is 5.11 Å². The number of hydrogen-bond acceptors (Lipinski definition) is 4. The summed E-state index contributed by atoms with van der Waals surface area (Å²) in [6.45, 7) is 1.18. The highest BCUT2D eigenvalue weighted by molar-refractivity contribution is 7.98. The number of carboxylic acid groups (broad SMARTS) is 1. The van der Waals surface area contributed by atoms with Crippen molar-refractivity contribution >= 4 is 34.4 Å². The average Bonchev–Trinajstić information content (AvgIpc) is 2.67. The van der Waals surface area contributed by atoms with Crippen LogP contribution in [0.2, 0.25) is 0 Å². The number of carbonyl (C=O) groups excluding carboxylic acids is 1. The lowest BCUT2D eigenvalue weighted by Gasteiger charge is -2.00. The van der Waals surface area contributed by atoms with Gasteiger partial charge in [0.25, 0.3) is 0 Å². The summed E-state index contributed by atoms with van der Waals surface area (Å²) in [6, 6.07) is 5.55. The highest BCUT2D eigenvalue weighted by Crippen LogP contribution is 2.24. The van der Waals surface area contributed by atoms with Gasteiger partial charge in [0, 0.05) is 17.2 Å². The van der Waals surface area contributed by atoms with Gasteiger partial charge in [-0.2, -0.15) is 5.10 Å². The van der Waals surface area contributed by atoms with E-state index in [1.807, 2.05) is 24.5 Å². The second-order valence-electron chi connectivity index (χ2n) is 3.84. The maximum absolute atomic E-state index is 11.5. The molecule has 0 aliphatic carbocycles. The number of carbonyl (C=O) groups is 2. The van der Waals surface area contributed by atoms with Crippen LogP contribution in [0.3, 0.4) is 0 Å². The first kappa shape index (κ1) is 12.6. The number of aliphatic carboxylic acids is 1. The van der Waals surface area contributed by atoms with E-state index in [-0.39, 0.29) is 12.3 Å². The van der Waals surface area contributed by atoms with Crippen LogP contribution in [0, 0.1) is 0 Å². The van der Waals surface area contributed by atoms with E-state index in [2.05, 4.69) is 5.10 Å². The van der Waals surface area contributed by atoms with Gasteiger partial charge >= 0.3 is 5.97 Å². The van der Waals surface area contributed by atoms with Crippen molar-refractivity contribution in [2.24, 2.45) is 0 Å². The normalized spacial score (nSPS) is 10.8. The second-order valence-corrected chi connectivity index (χ2v) is 4.72. The molecule has 0 radical (unpaired) electrons. The molecule has 1 heterocycles. The van der Waals surface area contributed by atoms with Crippen molar-refractivity contribution < 1.29 is 14.7 Å². The predicted molar refractivity (Wildman–Crippen MR) is 69.2 cm³/mol. The van der Waals surface area contributed by atoms with Gasteiger partial charge in [-0.15, -0.1) is 11.8 Å². The standard InChI is InChI=1S/C12H12N2O3S/c1-7(15)12-9-4-3-8(18-2)5-10(9)14(13-12)6-11(16)17/h3-5H,6H2,1-2H3,(H,16,17). The Kier molecular flexibility index (Phi) is 3.38. The number of hydrogen-bond donors (Lipinski definition) is 1. The molecule has 0 aliphatic rings. The fourth-order valence-corrected chi connectivity index (χ4v) is 2.22. The Labute approximate surface area is 108 Å². The van der Waals surface area contributed by atoms with Gasteiger partial charge in [-0.05, 0) is 24.5 Å². The molecule has 5 nitrogen and oxygen atoms in total. The summed E-state index contributed by atoms with van der Waals surface area (Å²) in [5.74, 6) is -1.15. The van der Waals surface area contributed by atoms with Crippen LogP contribution < -0.4 is 0 Å². The molecule has 18 heavy (non-hydrogen) atoms. The molecule has 94 valence electrons. The van der Waals surface area contributed by atoms with E-state index < -0.39 is 5.97 Å². The van der Waals surface area contributed by atoms with Crippen LogP contribution in [0.4, 0.5) is 0 Å². The van der Waals surface area contributed by atoms with Crippen LogP contribution in [0.5, 0.6) is 0 Å². The molecule has 0 atom stereocenters. The van der Waals surface area contributed by atoms with Crippen LogP contribution in [-0.4, -0.2) is 32.9 Å². The van der Waals surface area contributed by atoms with Crippen molar-refractivity contribution in [3.05, 3.63) is 23.9 Å². The van der Waals surface area contributed by atoms with Crippen LogP contribution in [0.25, 0.3) is 10.9 Å². The average molecular weight is 264 g/mol. The first-order chi connectivity index (χ1) is 8.52. The van der Waals surface area contributed by atoms with Gasteiger partial charge in [-0.1, -0.05) is 0 Å². The number of aromatic nitrogens is 2. The smallest absolute Gasteiger partial charge is 0.325 e. The molecule has 0 saturated heterocycles. The lowest BCUT2D eigenvalue weighted by Crippen LogP contribution is -2.10. The number of Topliss-reactive ketones (excluding diaryl/α,β-unsaturated/α-hetero) is 1. The number of ketones is 1. The van der Waals surface area contributed by atoms with Crippen molar-refractivity contribution in [1.29, 1.82) is 0 Å². The first-order valence-electron chi connectivity index (χ1n) is 5.30. The van der Waals surface area contributed by atoms with E-state index in [4.69, 9.17) is 5.11 Å². The zero-order valence-electron chi connectivity index (χ0n) is 10.0. The lowest BCUT2D eigenvalue weighted by molar-refractivity contribution is -0.137. The summed E-state index contributed by atoms with van der Waals surface area (Å²) in [5, 5.41) is 13.6. The van der Waals surface area contributed by atoms with E-state index in [1.165, 1.54) is 11.6 Å². The van der Waals surface area contributed by atoms with Gasteiger partial charge in [0.05, 0.1) is 5.52 Å². The van der Waals surface area contributed by atoms with Crippen molar-refractivity contribution in [1.82, 2.24) is 9.78 Å². The van der Waals surface area contributed by atoms with Crippen molar-refractivity contribution in [3.63, 3.8) is 0 Å². The number of thioether (sulfide) groups is 1. The maximum Gasteiger partial charge on any atom is 0.325 e. The summed E-state index contributed by atoms with van der Waals surface area (Å²) in [6.07, 6.45) is 1.94. The quantitative estimate of drug-likeness (QED) is 0.676. The van der Waals surface area contributed by atoms with Gasteiger partial charge in [-0.3, -0.25) is 14.3 Å². The highest BCUT2D eigenvalue weighted by atomic mass is 32.2. The highest BCUT2D eigenvalue weighted by Gasteiger charge is 2.15. The molecule has 0 unspecified atom stereocenters. The molecule has 1 aromatic heterocycles. The van der Waals surface area contributed by atoms with Gasteiger partial charge in [0.1, 0.15) is 12.2 Å². The third-order valence-corrected chi connectivity index (χ3v) is 3.30. The fraction of sp³-hybridized carbons (Fsp3) is 0.250. The molecule has 0 saturated carbocycles. The third-order valence-electron chi connectivity index (χ3n) is 2.58. The minimum atomic E-state index is -0.982. The molecule has 0 spiro atoms. The second kappa shape index (κ2) is 4.81. The maximum atomic E-state index is 11.5. The minimum absolute atomic E-state index is 0.166. The molecule has 0 amide bonds. The molecule has 6 heteroatoms. The zero-order valence-corrected chi connectivity index (χ0v) is 10.8. The van der Waals surface area contributed by atoms with Crippen molar-refractivity contribution in [3.8, 4) is 0 Å². The van der Waals surface area contributed by atoms with Gasteiger partial charge in [0.2, 0.25) is 0 Å². The SMILES string of the molecule is CSc1ccc2c(C(C)=O)nn(CC(=O)O)c2c1. The molecule has 2 aromatic rings. The Hall–Kier alpha value is -1.82. The number of fused-ring (bicyclic) bond motifs is 1. The van der Waals surface area contributed by atoms with E-state index in [0.717, 1.165) is 4.90 Å². The zero-order chi connectivity index (χ0) is 13.3. The molecule has 0 aliphatic heterocycles. The number of carboxylic acids is 1. The van der Waals surface area contributed by atoms with E-state index >= 15 is 0 Å². The van der Waals surface area contributed by atoms with Crippen molar-refractivity contribution in [2.75, 3.05) is 6.26 Å². The third kappa shape index (κ3) is 2.24. The van der Waals surface area contributed by atoms with E-state index in [0.29, 0.717) is 16.6 Å². The number of nitrogens with zero attached hydrogens (tertiary/aromatic N) is 2. The minimum Gasteiger partial charge on any atom is -0.480 e. The van der Waals surface area contributed by atoms with Crippen molar-refractivity contribution in [2.45, 2.75) is 18.4 Å². The summed E-state index contributed by atoms with van der Waals surface area (Å²) in [4.78, 5) is 23.3. The molecule has 0 fully saturated rings. The predicted octanol–water partition coefficient (Wildman–Crippen LogP) is 2.05. The molecular formula is C12H12N2O3S. The largest absolute Gasteiger partial charge is 0.480 e. The van der Waals surface area contributed by atoms with E-state index in [9.17, 15) is 9.59 Å². The van der Waals surface area contributed by atoms with Crippen LogP contribution >= 0.6 is 11.8 Å². The summed E-state index contributed by atoms with van der Waals surface area (Å²) in [7, 11) is 0. The molecule has 1 N–H and O–H groups in total. The van der Waals surface area contributed by atoms with Crippen LogP contribution in [-0.2, 0) is 11.3 Å². The van der Waals surface area contributed by atoms with Gasteiger partial charge in [0.15, 0.2) is 5.78 Å². The Morgan fingerprint density at radius 3 is 2.72 bits per heavy atom. The van der Waals surface area contributed by atoms with Crippen LogP contribution in [0.15, 0.2) is 23.1 Å². The Morgan fingerprint density at radius 1 is 1.44 bits per heavy atom.